The van der Waals surface area contributed by atoms with E-state index in [1.807, 2.05) is 39.0 Å². The average molecular weight is 407 g/mol. The topological polar surface area (TPSA) is 34.1 Å². The van der Waals surface area contributed by atoms with E-state index in [0.29, 0.717) is 18.4 Å². The Morgan fingerprint density at radius 3 is 2.10 bits per heavy atom. The van der Waals surface area contributed by atoms with Gasteiger partial charge in [0.1, 0.15) is 0 Å². The van der Waals surface area contributed by atoms with Gasteiger partial charge in [-0.25, -0.2) is 0 Å². The Morgan fingerprint density at radius 2 is 1.50 bits per heavy atom. The highest BCUT2D eigenvalue weighted by Gasteiger charge is 2.35. The summed E-state index contributed by atoms with van der Waals surface area (Å²) in [5.41, 5.74) is 5.56. The van der Waals surface area contributed by atoms with Crippen LogP contribution in [0.2, 0.25) is 0 Å². The minimum Gasteiger partial charge on any atom is -0.294 e. The third-order valence-electron chi connectivity index (χ3n) is 6.17. The molecule has 0 aliphatic heterocycles. The SMILES string of the molecule is CC(C=CC1=C(C)CCCC1(C)C)=CC=CC(C)=CC=C1C(=O)CC(C)(C)CC1=O. The Morgan fingerprint density at radius 1 is 0.900 bits per heavy atom. The van der Waals surface area contributed by atoms with E-state index in [2.05, 4.69) is 45.9 Å². The summed E-state index contributed by atoms with van der Waals surface area (Å²) >= 11 is 0. The lowest BCUT2D eigenvalue weighted by Gasteiger charge is -2.32. The van der Waals surface area contributed by atoms with Crippen LogP contribution in [0, 0.1) is 10.8 Å². The highest BCUT2D eigenvalue weighted by Crippen LogP contribution is 2.40. The van der Waals surface area contributed by atoms with Gasteiger partial charge in [-0.1, -0.05) is 80.9 Å². The van der Waals surface area contributed by atoms with Crippen LogP contribution in [0.1, 0.15) is 80.6 Å². The van der Waals surface area contributed by atoms with Crippen LogP contribution in [0.4, 0.5) is 0 Å². The summed E-state index contributed by atoms with van der Waals surface area (Å²) < 4.78 is 0. The molecule has 0 radical (unpaired) electrons. The summed E-state index contributed by atoms with van der Waals surface area (Å²) in [5.74, 6) is -0.0826. The molecule has 0 heterocycles. The Bertz CT molecular complexity index is 858. The predicted octanol–water partition coefficient (Wildman–Crippen LogP) is 7.40. The molecule has 0 aromatic heterocycles. The molecule has 0 N–H and O–H groups in total. The summed E-state index contributed by atoms with van der Waals surface area (Å²) in [4.78, 5) is 24.5. The molecule has 0 bridgehead atoms. The minimum absolute atomic E-state index is 0.0413. The third kappa shape index (κ3) is 6.65. The molecule has 2 aliphatic rings. The summed E-state index contributed by atoms with van der Waals surface area (Å²) in [6.45, 7) is 14.9. The zero-order chi connectivity index (χ0) is 22.5. The molecule has 30 heavy (non-hydrogen) atoms. The normalized spacial score (nSPS) is 23.1. The molecule has 2 rings (SSSR count). The van der Waals surface area contributed by atoms with Crippen LogP contribution in [-0.2, 0) is 9.59 Å². The van der Waals surface area contributed by atoms with Crippen molar-refractivity contribution >= 4 is 11.6 Å². The van der Waals surface area contributed by atoms with Crippen molar-refractivity contribution in [1.82, 2.24) is 0 Å². The van der Waals surface area contributed by atoms with Crippen molar-refractivity contribution in [3.05, 3.63) is 70.4 Å². The lowest BCUT2D eigenvalue weighted by atomic mass is 9.72. The second-order valence-electron chi connectivity index (χ2n) is 10.4. The largest absolute Gasteiger partial charge is 0.294 e. The predicted molar refractivity (Wildman–Crippen MR) is 127 cm³/mol. The molecule has 1 saturated carbocycles. The Labute approximate surface area is 183 Å². The highest BCUT2D eigenvalue weighted by atomic mass is 16.1. The van der Waals surface area contributed by atoms with Crippen molar-refractivity contribution < 1.29 is 9.59 Å². The molecule has 0 saturated heterocycles. The van der Waals surface area contributed by atoms with Gasteiger partial charge in [0, 0.05) is 12.8 Å². The molecule has 2 aliphatic carbocycles. The Hall–Kier alpha value is -2.22. The lowest BCUT2D eigenvalue weighted by molar-refractivity contribution is -0.127. The molecular weight excluding hydrogens is 368 g/mol. The van der Waals surface area contributed by atoms with Crippen molar-refractivity contribution in [3.8, 4) is 0 Å². The van der Waals surface area contributed by atoms with Crippen LogP contribution in [0.3, 0.4) is 0 Å². The van der Waals surface area contributed by atoms with Crippen LogP contribution < -0.4 is 0 Å². The monoisotopic (exact) mass is 406 g/mol. The highest BCUT2D eigenvalue weighted by molar-refractivity contribution is 6.22. The van der Waals surface area contributed by atoms with Crippen molar-refractivity contribution in [3.63, 3.8) is 0 Å². The average Bonchev–Trinajstić information content (AvgIpc) is 2.59. The quantitative estimate of drug-likeness (QED) is 0.271. The Kier molecular flexibility index (Phi) is 7.80. The van der Waals surface area contributed by atoms with E-state index >= 15 is 0 Å². The van der Waals surface area contributed by atoms with Gasteiger partial charge in [-0.2, -0.15) is 0 Å². The van der Waals surface area contributed by atoms with Gasteiger partial charge in [0.15, 0.2) is 11.6 Å². The second-order valence-corrected chi connectivity index (χ2v) is 10.4. The number of carbonyl (C=O) groups excluding carboxylic acids is 2. The van der Waals surface area contributed by atoms with Gasteiger partial charge in [0.2, 0.25) is 0 Å². The molecule has 0 amide bonds. The van der Waals surface area contributed by atoms with E-state index in [1.54, 1.807) is 6.08 Å². The summed E-state index contributed by atoms with van der Waals surface area (Å²) in [7, 11) is 0. The first-order valence-corrected chi connectivity index (χ1v) is 11.1. The summed E-state index contributed by atoms with van der Waals surface area (Å²) in [6.07, 6.45) is 18.7. The summed E-state index contributed by atoms with van der Waals surface area (Å²) in [6, 6.07) is 0. The van der Waals surface area contributed by atoms with Gasteiger partial charge in [-0.05, 0) is 62.5 Å². The molecule has 1 fully saturated rings. The van der Waals surface area contributed by atoms with Crippen molar-refractivity contribution in [1.29, 1.82) is 0 Å². The second kappa shape index (κ2) is 9.73. The number of Topliss-reactive ketones (excluding diaryl/α,β-unsaturated/α-hetero) is 2. The number of ketones is 2. The van der Waals surface area contributed by atoms with E-state index in [9.17, 15) is 9.59 Å². The number of carbonyl (C=O) groups is 2. The van der Waals surface area contributed by atoms with Gasteiger partial charge >= 0.3 is 0 Å². The van der Waals surface area contributed by atoms with E-state index in [-0.39, 0.29) is 22.4 Å². The van der Waals surface area contributed by atoms with Gasteiger partial charge < -0.3 is 0 Å². The fourth-order valence-corrected chi connectivity index (χ4v) is 4.37. The van der Waals surface area contributed by atoms with E-state index < -0.39 is 0 Å². The van der Waals surface area contributed by atoms with E-state index in [1.165, 1.54) is 36.0 Å². The fraction of sp³-hybridized carbons (Fsp3) is 0.500. The first-order valence-electron chi connectivity index (χ1n) is 11.1. The van der Waals surface area contributed by atoms with Gasteiger partial charge in [-0.3, -0.25) is 9.59 Å². The van der Waals surface area contributed by atoms with E-state index in [0.717, 1.165) is 5.57 Å². The van der Waals surface area contributed by atoms with Crippen LogP contribution in [0.25, 0.3) is 0 Å². The molecule has 0 aromatic rings. The van der Waals surface area contributed by atoms with Crippen molar-refractivity contribution in [2.24, 2.45) is 10.8 Å². The standard InChI is InChI=1S/C28H38O2/c1-20(13-15-23-25(29)18-27(4,5)19-26(23)30)10-8-11-21(2)14-16-24-22(3)12-9-17-28(24,6)7/h8,10-11,13-16H,9,12,17-19H2,1-7H3. The van der Waals surface area contributed by atoms with Crippen molar-refractivity contribution in [2.45, 2.75) is 80.6 Å². The van der Waals surface area contributed by atoms with Crippen LogP contribution >= 0.6 is 0 Å². The van der Waals surface area contributed by atoms with Crippen molar-refractivity contribution in [2.75, 3.05) is 0 Å². The first-order chi connectivity index (χ1) is 13.9. The molecular formula is C28H38O2. The third-order valence-corrected chi connectivity index (χ3v) is 6.17. The molecule has 2 nitrogen and oxygen atoms in total. The fourth-order valence-electron chi connectivity index (χ4n) is 4.37. The van der Waals surface area contributed by atoms with E-state index in [4.69, 9.17) is 0 Å². The zero-order valence-corrected chi connectivity index (χ0v) is 19.9. The van der Waals surface area contributed by atoms with Gasteiger partial charge in [0.25, 0.3) is 0 Å². The maximum atomic E-state index is 12.3. The molecule has 2 heteroatoms. The van der Waals surface area contributed by atoms with Gasteiger partial charge in [0.05, 0.1) is 5.57 Å². The number of hydrogen-bond acceptors (Lipinski definition) is 2. The molecule has 0 spiro atoms. The lowest BCUT2D eigenvalue weighted by Crippen LogP contribution is -2.31. The minimum atomic E-state index is -0.221. The van der Waals surface area contributed by atoms with Crippen LogP contribution in [0.15, 0.2) is 70.4 Å². The molecule has 162 valence electrons. The number of allylic oxidation sites excluding steroid dienone is 12. The number of rotatable bonds is 5. The molecule has 0 unspecified atom stereocenters. The molecule has 0 aromatic carbocycles. The number of hydrogen-bond donors (Lipinski definition) is 0. The molecule has 0 atom stereocenters. The first kappa shape index (κ1) is 24.1. The summed E-state index contributed by atoms with van der Waals surface area (Å²) in [5, 5.41) is 0. The van der Waals surface area contributed by atoms with Crippen LogP contribution in [0.5, 0.6) is 0 Å². The smallest absolute Gasteiger partial charge is 0.166 e. The Balaban J connectivity index is 2.04. The maximum Gasteiger partial charge on any atom is 0.166 e. The van der Waals surface area contributed by atoms with Crippen LogP contribution in [-0.4, -0.2) is 11.6 Å². The maximum absolute atomic E-state index is 12.3. The van der Waals surface area contributed by atoms with Gasteiger partial charge in [-0.15, -0.1) is 0 Å². The zero-order valence-electron chi connectivity index (χ0n) is 19.9.